The molecule has 0 saturated carbocycles. The van der Waals surface area contributed by atoms with Gasteiger partial charge in [-0.25, -0.2) is 4.79 Å². The van der Waals surface area contributed by atoms with E-state index < -0.39 is 23.9 Å². The van der Waals surface area contributed by atoms with E-state index in [1.165, 1.54) is 0 Å². The van der Waals surface area contributed by atoms with Crippen molar-refractivity contribution in [3.8, 4) is 0 Å². The molecule has 1 amide bonds. The van der Waals surface area contributed by atoms with E-state index >= 15 is 0 Å². The van der Waals surface area contributed by atoms with Crippen LogP contribution in [-0.4, -0.2) is 35.6 Å². The van der Waals surface area contributed by atoms with E-state index in [2.05, 4.69) is 5.32 Å². The molecule has 0 aromatic heterocycles. The van der Waals surface area contributed by atoms with Gasteiger partial charge in [-0.05, 0) is 39.5 Å². The molecule has 6 nitrogen and oxygen atoms in total. The number of alkyl carbamates (subject to hydrolysis) is 1. The lowest BCUT2D eigenvalue weighted by atomic mass is 9.95. The third-order valence-corrected chi connectivity index (χ3v) is 2.53. The minimum Gasteiger partial charge on any atom is -0.481 e. The molecule has 0 bridgehead atoms. The Kier molecular flexibility index (Phi) is 4.95. The van der Waals surface area contributed by atoms with Crippen LogP contribution < -0.4 is 5.32 Å². The number of amides is 1. The summed E-state index contributed by atoms with van der Waals surface area (Å²) in [6, 6.07) is 0. The number of hydrogen-bond donors (Lipinski definition) is 2. The van der Waals surface area contributed by atoms with Gasteiger partial charge in [0.15, 0.2) is 0 Å². The molecule has 1 aliphatic rings. The SMILES string of the molecule is CC(C)(C)OC(=O)N[C@H]1C[C@H](CC(=O)O)CCO1. The number of rotatable bonds is 3. The molecule has 0 aromatic carbocycles. The van der Waals surface area contributed by atoms with Crippen molar-refractivity contribution in [2.45, 2.75) is 51.9 Å². The van der Waals surface area contributed by atoms with Crippen LogP contribution in [-0.2, 0) is 14.3 Å². The molecular formula is C12H21NO5. The van der Waals surface area contributed by atoms with Crippen LogP contribution in [0.2, 0.25) is 0 Å². The van der Waals surface area contributed by atoms with Crippen molar-refractivity contribution in [2.24, 2.45) is 5.92 Å². The number of carbonyl (C=O) groups excluding carboxylic acids is 1. The van der Waals surface area contributed by atoms with Crippen LogP contribution >= 0.6 is 0 Å². The second-order valence-electron chi connectivity index (χ2n) is 5.49. The van der Waals surface area contributed by atoms with Gasteiger partial charge in [0.2, 0.25) is 0 Å². The van der Waals surface area contributed by atoms with Crippen LogP contribution in [0, 0.1) is 5.92 Å². The molecule has 0 aromatic rings. The fourth-order valence-electron chi connectivity index (χ4n) is 1.84. The highest BCUT2D eigenvalue weighted by molar-refractivity contribution is 5.68. The molecular weight excluding hydrogens is 238 g/mol. The van der Waals surface area contributed by atoms with Crippen LogP contribution in [0.5, 0.6) is 0 Å². The van der Waals surface area contributed by atoms with Crippen molar-refractivity contribution < 1.29 is 24.2 Å². The Bertz CT molecular complexity index is 310. The van der Waals surface area contributed by atoms with Gasteiger partial charge in [0.25, 0.3) is 0 Å². The average molecular weight is 259 g/mol. The smallest absolute Gasteiger partial charge is 0.409 e. The van der Waals surface area contributed by atoms with Crippen molar-refractivity contribution >= 4 is 12.1 Å². The lowest BCUT2D eigenvalue weighted by Gasteiger charge is -2.30. The molecule has 1 rings (SSSR count). The maximum Gasteiger partial charge on any atom is 0.409 e. The molecule has 0 radical (unpaired) electrons. The van der Waals surface area contributed by atoms with Crippen molar-refractivity contribution in [3.05, 3.63) is 0 Å². The first-order chi connectivity index (χ1) is 8.26. The predicted molar refractivity (Wildman–Crippen MR) is 64.1 cm³/mol. The molecule has 104 valence electrons. The first kappa shape index (κ1) is 14.8. The average Bonchev–Trinajstić information content (AvgIpc) is 2.13. The van der Waals surface area contributed by atoms with Gasteiger partial charge in [-0.15, -0.1) is 0 Å². The molecule has 0 spiro atoms. The van der Waals surface area contributed by atoms with Crippen LogP contribution in [0.15, 0.2) is 0 Å². The van der Waals surface area contributed by atoms with Gasteiger partial charge in [0.1, 0.15) is 11.8 Å². The summed E-state index contributed by atoms with van der Waals surface area (Å²) in [5.41, 5.74) is -0.556. The Morgan fingerprint density at radius 1 is 1.44 bits per heavy atom. The summed E-state index contributed by atoms with van der Waals surface area (Å²) >= 11 is 0. The summed E-state index contributed by atoms with van der Waals surface area (Å²) in [6.45, 7) is 5.79. The second-order valence-corrected chi connectivity index (χ2v) is 5.49. The van der Waals surface area contributed by atoms with Crippen LogP contribution in [0.25, 0.3) is 0 Å². The molecule has 1 aliphatic heterocycles. The first-order valence-electron chi connectivity index (χ1n) is 6.09. The van der Waals surface area contributed by atoms with E-state index in [-0.39, 0.29) is 12.3 Å². The molecule has 1 fully saturated rings. The van der Waals surface area contributed by atoms with Crippen molar-refractivity contribution in [1.82, 2.24) is 5.32 Å². The van der Waals surface area contributed by atoms with E-state index in [1.807, 2.05) is 0 Å². The number of nitrogens with one attached hydrogen (secondary N) is 1. The Balaban J connectivity index is 2.38. The van der Waals surface area contributed by atoms with Crippen molar-refractivity contribution in [2.75, 3.05) is 6.61 Å². The summed E-state index contributed by atoms with van der Waals surface area (Å²) in [4.78, 5) is 22.2. The number of carboxylic acids is 1. The third-order valence-electron chi connectivity index (χ3n) is 2.53. The molecule has 1 heterocycles. The Morgan fingerprint density at radius 2 is 2.11 bits per heavy atom. The Labute approximate surface area is 107 Å². The number of aliphatic carboxylic acids is 1. The minimum atomic E-state index is -0.821. The van der Waals surface area contributed by atoms with E-state index in [4.69, 9.17) is 14.6 Å². The minimum absolute atomic E-state index is 0.0381. The standard InChI is InChI=1S/C12H21NO5/c1-12(2,3)18-11(16)13-9-6-8(4-5-17-9)7-10(14)15/h8-9H,4-7H2,1-3H3,(H,13,16)(H,14,15)/t8-,9-/m1/s1. The van der Waals surface area contributed by atoms with E-state index in [0.29, 0.717) is 19.4 Å². The third kappa shape index (κ3) is 5.86. The number of ether oxygens (including phenoxy) is 2. The summed E-state index contributed by atoms with van der Waals surface area (Å²) in [5, 5.41) is 11.3. The normalized spacial score (nSPS) is 24.4. The zero-order valence-corrected chi connectivity index (χ0v) is 11.1. The molecule has 2 N–H and O–H groups in total. The largest absolute Gasteiger partial charge is 0.481 e. The molecule has 2 atom stereocenters. The lowest BCUT2D eigenvalue weighted by Crippen LogP contribution is -2.44. The van der Waals surface area contributed by atoms with Gasteiger partial charge in [-0.1, -0.05) is 0 Å². The van der Waals surface area contributed by atoms with Crippen LogP contribution in [0.1, 0.15) is 40.0 Å². The first-order valence-corrected chi connectivity index (χ1v) is 6.09. The van der Waals surface area contributed by atoms with Gasteiger partial charge in [0.05, 0.1) is 0 Å². The number of hydrogen-bond acceptors (Lipinski definition) is 4. The zero-order valence-electron chi connectivity index (χ0n) is 11.1. The van der Waals surface area contributed by atoms with Gasteiger partial charge >= 0.3 is 12.1 Å². The second kappa shape index (κ2) is 6.04. The Morgan fingerprint density at radius 3 is 2.67 bits per heavy atom. The molecule has 1 saturated heterocycles. The zero-order chi connectivity index (χ0) is 13.8. The molecule has 18 heavy (non-hydrogen) atoms. The van der Waals surface area contributed by atoms with Gasteiger partial charge < -0.3 is 14.6 Å². The summed E-state index contributed by atoms with van der Waals surface area (Å²) < 4.78 is 10.5. The number of carbonyl (C=O) groups is 2. The quantitative estimate of drug-likeness (QED) is 0.806. The molecule has 6 heteroatoms. The van der Waals surface area contributed by atoms with Gasteiger partial charge in [-0.3, -0.25) is 10.1 Å². The molecule has 0 aliphatic carbocycles. The lowest BCUT2D eigenvalue weighted by molar-refractivity contribution is -0.139. The monoisotopic (exact) mass is 259 g/mol. The van der Waals surface area contributed by atoms with Crippen LogP contribution in [0.4, 0.5) is 4.79 Å². The molecule has 0 unspecified atom stereocenters. The highest BCUT2D eigenvalue weighted by Gasteiger charge is 2.27. The maximum atomic E-state index is 11.5. The fraction of sp³-hybridized carbons (Fsp3) is 0.833. The summed E-state index contributed by atoms with van der Waals surface area (Å²) in [5.74, 6) is -0.783. The van der Waals surface area contributed by atoms with Crippen molar-refractivity contribution in [1.29, 1.82) is 0 Å². The summed E-state index contributed by atoms with van der Waals surface area (Å²) in [7, 11) is 0. The van der Waals surface area contributed by atoms with Gasteiger partial charge in [-0.2, -0.15) is 0 Å². The van der Waals surface area contributed by atoms with E-state index in [9.17, 15) is 9.59 Å². The van der Waals surface area contributed by atoms with Gasteiger partial charge in [0, 0.05) is 13.0 Å². The van der Waals surface area contributed by atoms with E-state index in [1.54, 1.807) is 20.8 Å². The highest BCUT2D eigenvalue weighted by Crippen LogP contribution is 2.22. The van der Waals surface area contributed by atoms with E-state index in [0.717, 1.165) is 0 Å². The maximum absolute atomic E-state index is 11.5. The predicted octanol–water partition coefficient (Wildman–Crippen LogP) is 1.74. The fourth-order valence-corrected chi connectivity index (χ4v) is 1.84. The van der Waals surface area contributed by atoms with Crippen molar-refractivity contribution in [3.63, 3.8) is 0 Å². The van der Waals surface area contributed by atoms with Crippen LogP contribution in [0.3, 0.4) is 0 Å². The summed E-state index contributed by atoms with van der Waals surface area (Å²) in [6.07, 6.45) is 0.321. The highest BCUT2D eigenvalue weighted by atomic mass is 16.6. The topological polar surface area (TPSA) is 84.9 Å². The number of carboxylic acid groups (broad SMARTS) is 1. The Hall–Kier alpha value is -1.30.